The number of nitrogens with one attached hydrogen (secondary N) is 1. The molecule has 118 valence electrons. The Labute approximate surface area is 141 Å². The third-order valence-electron chi connectivity index (χ3n) is 3.77. The molecule has 4 aromatic rings. The Bertz CT molecular complexity index is 1090. The number of aryl methyl sites for hydroxylation is 2. The van der Waals surface area contributed by atoms with E-state index in [2.05, 4.69) is 24.0 Å². The lowest BCUT2D eigenvalue weighted by molar-refractivity contribution is 0.102. The molecule has 0 radical (unpaired) electrons. The maximum Gasteiger partial charge on any atom is 0.256 e. The second-order valence-corrected chi connectivity index (χ2v) is 6.10. The standard InChI is InChI=1S/C17H13N5OS/c1-9-7-10(2)18-16-12(9)4-6-15(19-16)20-17(23)11-3-5-13-14(8-11)22-24-21-13/h3-8H,1-2H3,(H,18,19,20,23). The molecule has 0 saturated heterocycles. The average Bonchev–Trinajstić information content (AvgIpc) is 3.01. The molecule has 0 fully saturated rings. The van der Waals surface area contributed by atoms with Crippen LogP contribution in [0.3, 0.4) is 0 Å². The van der Waals surface area contributed by atoms with Crippen LogP contribution in [0.2, 0.25) is 0 Å². The number of pyridine rings is 2. The van der Waals surface area contributed by atoms with Gasteiger partial charge in [-0.2, -0.15) is 8.75 Å². The van der Waals surface area contributed by atoms with Gasteiger partial charge < -0.3 is 5.32 Å². The van der Waals surface area contributed by atoms with Crippen molar-refractivity contribution in [2.45, 2.75) is 13.8 Å². The van der Waals surface area contributed by atoms with Gasteiger partial charge in [-0.25, -0.2) is 9.97 Å². The number of rotatable bonds is 2. The summed E-state index contributed by atoms with van der Waals surface area (Å²) in [6.45, 7) is 3.95. The Balaban J connectivity index is 1.66. The zero-order valence-corrected chi connectivity index (χ0v) is 13.9. The fourth-order valence-corrected chi connectivity index (χ4v) is 3.13. The summed E-state index contributed by atoms with van der Waals surface area (Å²) in [6, 6.07) is 11.0. The number of fused-ring (bicyclic) bond motifs is 2. The van der Waals surface area contributed by atoms with E-state index in [0.717, 1.165) is 33.9 Å². The molecule has 0 unspecified atom stereocenters. The highest BCUT2D eigenvalue weighted by Gasteiger charge is 2.10. The van der Waals surface area contributed by atoms with Crippen LogP contribution in [-0.2, 0) is 0 Å². The molecule has 1 N–H and O–H groups in total. The first-order chi connectivity index (χ1) is 11.6. The van der Waals surface area contributed by atoms with Gasteiger partial charge in [-0.05, 0) is 55.8 Å². The maximum atomic E-state index is 12.4. The van der Waals surface area contributed by atoms with Gasteiger partial charge in [0.1, 0.15) is 16.9 Å². The topological polar surface area (TPSA) is 80.7 Å². The van der Waals surface area contributed by atoms with Gasteiger partial charge in [0, 0.05) is 16.6 Å². The van der Waals surface area contributed by atoms with Crippen LogP contribution in [0.25, 0.3) is 22.1 Å². The molecule has 0 spiro atoms. The van der Waals surface area contributed by atoms with Crippen molar-refractivity contribution < 1.29 is 4.79 Å². The highest BCUT2D eigenvalue weighted by atomic mass is 32.1. The van der Waals surface area contributed by atoms with Crippen molar-refractivity contribution in [1.82, 2.24) is 18.7 Å². The summed E-state index contributed by atoms with van der Waals surface area (Å²) in [6.07, 6.45) is 0. The molecule has 1 aromatic carbocycles. The minimum absolute atomic E-state index is 0.235. The molecule has 0 aliphatic carbocycles. The van der Waals surface area contributed by atoms with Crippen LogP contribution in [0.4, 0.5) is 5.82 Å². The average molecular weight is 335 g/mol. The molecule has 0 atom stereocenters. The van der Waals surface area contributed by atoms with E-state index in [0.29, 0.717) is 22.5 Å². The van der Waals surface area contributed by atoms with Crippen LogP contribution < -0.4 is 5.32 Å². The molecule has 4 rings (SSSR count). The van der Waals surface area contributed by atoms with Gasteiger partial charge in [-0.3, -0.25) is 4.79 Å². The minimum Gasteiger partial charge on any atom is -0.306 e. The van der Waals surface area contributed by atoms with Gasteiger partial charge >= 0.3 is 0 Å². The molecule has 1 amide bonds. The van der Waals surface area contributed by atoms with Crippen LogP contribution >= 0.6 is 11.7 Å². The van der Waals surface area contributed by atoms with Gasteiger partial charge in [0.25, 0.3) is 5.91 Å². The Morgan fingerprint density at radius 1 is 1.00 bits per heavy atom. The highest BCUT2D eigenvalue weighted by molar-refractivity contribution is 7.00. The van der Waals surface area contributed by atoms with Crippen LogP contribution in [0.5, 0.6) is 0 Å². The summed E-state index contributed by atoms with van der Waals surface area (Å²) in [4.78, 5) is 21.3. The quantitative estimate of drug-likeness (QED) is 0.606. The fraction of sp³-hybridized carbons (Fsp3) is 0.118. The van der Waals surface area contributed by atoms with Crippen molar-refractivity contribution in [2.24, 2.45) is 0 Å². The van der Waals surface area contributed by atoms with Gasteiger partial charge in [0.2, 0.25) is 0 Å². The van der Waals surface area contributed by atoms with E-state index in [1.54, 1.807) is 24.3 Å². The minimum atomic E-state index is -0.235. The number of anilines is 1. The van der Waals surface area contributed by atoms with Crippen molar-refractivity contribution in [3.63, 3.8) is 0 Å². The second kappa shape index (κ2) is 5.61. The van der Waals surface area contributed by atoms with E-state index >= 15 is 0 Å². The van der Waals surface area contributed by atoms with Gasteiger partial charge in [0.15, 0.2) is 5.65 Å². The number of hydrogen-bond acceptors (Lipinski definition) is 6. The van der Waals surface area contributed by atoms with Gasteiger partial charge in [-0.15, -0.1) is 0 Å². The lowest BCUT2D eigenvalue weighted by atomic mass is 10.1. The van der Waals surface area contributed by atoms with E-state index in [-0.39, 0.29) is 5.91 Å². The molecule has 6 nitrogen and oxygen atoms in total. The number of hydrogen-bond donors (Lipinski definition) is 1. The first-order valence-corrected chi connectivity index (χ1v) is 8.12. The predicted molar refractivity (Wildman–Crippen MR) is 94.4 cm³/mol. The first-order valence-electron chi connectivity index (χ1n) is 7.39. The Hall–Kier alpha value is -2.93. The third kappa shape index (κ3) is 2.59. The van der Waals surface area contributed by atoms with Crippen LogP contribution in [-0.4, -0.2) is 24.6 Å². The van der Waals surface area contributed by atoms with Crippen molar-refractivity contribution in [3.05, 3.63) is 53.2 Å². The summed E-state index contributed by atoms with van der Waals surface area (Å²) in [5.74, 6) is 0.239. The van der Waals surface area contributed by atoms with Crippen molar-refractivity contribution in [1.29, 1.82) is 0 Å². The monoisotopic (exact) mass is 335 g/mol. The lowest BCUT2D eigenvalue weighted by Gasteiger charge is -2.07. The lowest BCUT2D eigenvalue weighted by Crippen LogP contribution is -2.13. The number of benzene rings is 1. The summed E-state index contributed by atoms with van der Waals surface area (Å²) >= 11 is 1.13. The molecular weight excluding hydrogens is 322 g/mol. The normalized spacial score (nSPS) is 11.1. The number of amides is 1. The Morgan fingerprint density at radius 2 is 1.83 bits per heavy atom. The summed E-state index contributed by atoms with van der Waals surface area (Å²) in [7, 11) is 0. The van der Waals surface area contributed by atoms with Crippen LogP contribution in [0.15, 0.2) is 36.4 Å². The largest absolute Gasteiger partial charge is 0.306 e. The zero-order chi connectivity index (χ0) is 16.7. The first kappa shape index (κ1) is 14.6. The van der Waals surface area contributed by atoms with Gasteiger partial charge in [-0.1, -0.05) is 0 Å². The highest BCUT2D eigenvalue weighted by Crippen LogP contribution is 2.19. The molecule has 0 bridgehead atoms. The number of nitrogens with zero attached hydrogens (tertiary/aromatic N) is 4. The molecule has 3 heterocycles. The molecular formula is C17H13N5OS. The SMILES string of the molecule is Cc1cc(C)c2ccc(NC(=O)c3ccc4nsnc4c3)nc2n1. The van der Waals surface area contributed by atoms with E-state index < -0.39 is 0 Å². The number of carbonyl (C=O) groups is 1. The summed E-state index contributed by atoms with van der Waals surface area (Å²) in [5, 5.41) is 3.79. The van der Waals surface area contributed by atoms with E-state index in [9.17, 15) is 4.79 Å². The molecule has 0 saturated carbocycles. The number of aromatic nitrogens is 4. The van der Waals surface area contributed by atoms with Gasteiger partial charge in [0.05, 0.1) is 11.7 Å². The smallest absolute Gasteiger partial charge is 0.256 e. The van der Waals surface area contributed by atoms with Crippen molar-refractivity contribution in [3.8, 4) is 0 Å². The van der Waals surface area contributed by atoms with E-state index in [1.165, 1.54) is 0 Å². The fourth-order valence-electron chi connectivity index (χ4n) is 2.61. The van der Waals surface area contributed by atoms with Crippen molar-refractivity contribution in [2.75, 3.05) is 5.32 Å². The second-order valence-electron chi connectivity index (χ2n) is 5.57. The molecule has 0 aliphatic heterocycles. The van der Waals surface area contributed by atoms with E-state index in [4.69, 9.17) is 0 Å². The van der Waals surface area contributed by atoms with Crippen LogP contribution in [0.1, 0.15) is 21.6 Å². The van der Waals surface area contributed by atoms with Crippen LogP contribution in [0, 0.1) is 13.8 Å². The molecule has 7 heteroatoms. The molecule has 3 aromatic heterocycles. The van der Waals surface area contributed by atoms with Crippen molar-refractivity contribution >= 4 is 45.5 Å². The third-order valence-corrected chi connectivity index (χ3v) is 4.32. The summed E-state index contributed by atoms with van der Waals surface area (Å²) in [5.41, 5.74) is 4.67. The molecule has 24 heavy (non-hydrogen) atoms. The van der Waals surface area contributed by atoms with E-state index in [1.807, 2.05) is 26.0 Å². The predicted octanol–water partition coefficient (Wildman–Crippen LogP) is 3.50. The molecule has 0 aliphatic rings. The zero-order valence-electron chi connectivity index (χ0n) is 13.1. The number of carbonyl (C=O) groups excluding carboxylic acids is 1. The Kier molecular flexibility index (Phi) is 3.42. The summed E-state index contributed by atoms with van der Waals surface area (Å²) < 4.78 is 8.29. The Morgan fingerprint density at radius 3 is 2.71 bits per heavy atom. The maximum absolute atomic E-state index is 12.4.